The molecule has 16 nitrogen and oxygen atoms in total. The van der Waals surface area contributed by atoms with Crippen LogP contribution in [-0.2, 0) is 5.92 Å². The van der Waals surface area contributed by atoms with Gasteiger partial charge in [-0.3, -0.25) is 8.80 Å². The van der Waals surface area contributed by atoms with Gasteiger partial charge in [-0.15, -0.1) is 39.5 Å². The van der Waals surface area contributed by atoms with Gasteiger partial charge in [0, 0.05) is 111 Å². The fourth-order valence-electron chi connectivity index (χ4n) is 11.6. The number of alkyl halides is 11. The second kappa shape index (κ2) is 32.6. The quantitative estimate of drug-likeness (QED) is 0.121. The van der Waals surface area contributed by atoms with Gasteiger partial charge >= 0.3 is 19.1 Å². The number of aromatic nitrogens is 13. The molecule has 558 valence electrons. The number of rotatable bonds is 10. The number of imidazole rings is 6. The molecule has 111 heavy (non-hydrogen) atoms. The topological polar surface area (TPSA) is 144 Å². The number of aryl methyl sites for hydroxylation is 2. The molecule has 0 saturated heterocycles. The highest BCUT2D eigenvalue weighted by Crippen LogP contribution is 2.33. The number of hydrogen-bond donors (Lipinski definition) is 0. The first kappa shape index (κ1) is 75.3. The van der Waals surface area contributed by atoms with E-state index in [1.54, 1.807) is 78.0 Å². The number of fused-ring (bicyclic) bond motifs is 6. The number of hydrogen-bond acceptors (Lipinski definition) is 10. The molecule has 6 aromatic carbocycles. The normalized spacial score (nSPS) is 11.5. The first-order chi connectivity index (χ1) is 53.3. The predicted octanol–water partition coefficient (Wildman–Crippen LogP) is 21.8. The lowest BCUT2D eigenvalue weighted by Crippen LogP contribution is -2.16. The van der Waals surface area contributed by atoms with E-state index in [9.17, 15) is 48.3 Å². The molecule has 12 aromatic heterocycles. The molecule has 0 amide bonds. The zero-order valence-electron chi connectivity index (χ0n) is 58.8. The van der Waals surface area contributed by atoms with Crippen molar-refractivity contribution in [2.45, 2.75) is 45.8 Å². The van der Waals surface area contributed by atoms with Crippen LogP contribution in [0.3, 0.4) is 0 Å². The number of pyridine rings is 5. The van der Waals surface area contributed by atoms with E-state index in [-0.39, 0.29) is 22.9 Å². The third-order valence-electron chi connectivity index (χ3n) is 16.8. The molecule has 0 radical (unpaired) electrons. The molecule has 0 unspecified atom stereocenters. The molecule has 0 saturated carbocycles. The molecule has 18 rings (SSSR count). The Morgan fingerprint density at radius 3 is 1.06 bits per heavy atom. The summed E-state index contributed by atoms with van der Waals surface area (Å²) in [6, 6.07) is 67.0. The lowest BCUT2D eigenvalue weighted by Gasteiger charge is -2.11. The van der Waals surface area contributed by atoms with Gasteiger partial charge in [-0.05, 0) is 172 Å². The number of benzene rings is 6. The van der Waals surface area contributed by atoms with E-state index in [4.69, 9.17) is 0 Å². The van der Waals surface area contributed by atoms with Crippen molar-refractivity contribution in [1.82, 2.24) is 61.3 Å². The van der Waals surface area contributed by atoms with Gasteiger partial charge in [-0.25, -0.2) is 34.9 Å². The van der Waals surface area contributed by atoms with Gasteiger partial charge in [0.25, 0.3) is 5.92 Å². The van der Waals surface area contributed by atoms with E-state index < -0.39 is 25.0 Å². The monoisotopic (exact) mass is 1510 g/mol. The average Bonchev–Trinajstić information content (AvgIpc) is 1.65. The van der Waals surface area contributed by atoms with E-state index in [1.807, 2.05) is 95.2 Å². The molecule has 0 bridgehead atoms. The van der Waals surface area contributed by atoms with Crippen LogP contribution in [-0.4, -0.2) is 80.4 Å². The van der Waals surface area contributed by atoms with Crippen molar-refractivity contribution in [3.05, 3.63) is 341 Å². The highest BCUT2D eigenvalue weighted by molar-refractivity contribution is 5.70. The summed E-state index contributed by atoms with van der Waals surface area (Å²) in [5.74, 6) is -3.34. The molecule has 12 heterocycles. The number of nitrogens with zero attached hydrogens (tertiary/aromatic N) is 13. The molecule has 0 aliphatic rings. The van der Waals surface area contributed by atoms with Crippen molar-refractivity contribution in [3.8, 4) is 84.0 Å². The first-order valence-corrected chi connectivity index (χ1v) is 33.9. The molecule has 0 spiro atoms. The minimum Gasteiger partial charge on any atom is -0.406 e. The highest BCUT2D eigenvalue weighted by atomic mass is 19.4. The van der Waals surface area contributed by atoms with Gasteiger partial charge in [-0.2, -0.15) is 8.78 Å². The Labute approximate surface area is 625 Å². The Balaban J connectivity index is 0.000000118. The van der Waals surface area contributed by atoms with Gasteiger partial charge in [0.15, 0.2) is 0 Å². The smallest absolute Gasteiger partial charge is 0.406 e. The molecule has 27 heteroatoms. The predicted molar refractivity (Wildman–Crippen MR) is 401 cm³/mol. The minimum atomic E-state index is -4.77. The number of ether oxygens (including phenoxy) is 3. The third kappa shape index (κ3) is 19.8. The van der Waals surface area contributed by atoms with Crippen molar-refractivity contribution in [2.75, 3.05) is 0 Å². The maximum absolute atomic E-state index is 13.6. The first-order valence-electron chi connectivity index (χ1n) is 33.9. The van der Waals surface area contributed by atoms with Crippen molar-refractivity contribution in [1.29, 1.82) is 0 Å². The second-order valence-corrected chi connectivity index (χ2v) is 24.8. The Kier molecular flexibility index (Phi) is 22.1. The van der Waals surface area contributed by atoms with Gasteiger partial charge in [0.2, 0.25) is 5.78 Å². The van der Waals surface area contributed by atoms with E-state index in [2.05, 4.69) is 174 Å². The molecule has 0 atom stereocenters. The molecule has 0 fully saturated rings. The Bertz CT molecular complexity index is 5960. The molecule has 0 aliphatic carbocycles. The second-order valence-electron chi connectivity index (χ2n) is 24.8. The highest BCUT2D eigenvalue weighted by Gasteiger charge is 2.33. The molecule has 0 aliphatic heterocycles. The average molecular weight is 1510 g/mol. The largest absolute Gasteiger partial charge is 0.573 e. The van der Waals surface area contributed by atoms with Crippen LogP contribution < -0.4 is 14.2 Å². The number of halogens is 11. The summed E-state index contributed by atoms with van der Waals surface area (Å²) in [5.41, 5.74) is 17.7. The lowest BCUT2D eigenvalue weighted by molar-refractivity contribution is -0.275. The summed E-state index contributed by atoms with van der Waals surface area (Å²) in [4.78, 5) is 29.1. The van der Waals surface area contributed by atoms with Crippen molar-refractivity contribution >= 4 is 34.0 Å². The fraction of sp³-hybridized carbons (Fsp3) is 0.0833. The van der Waals surface area contributed by atoms with Crippen LogP contribution in [0.15, 0.2) is 324 Å². The van der Waals surface area contributed by atoms with Crippen LogP contribution >= 0.6 is 0 Å². The van der Waals surface area contributed by atoms with Gasteiger partial charge in [0.05, 0.1) is 11.9 Å². The van der Waals surface area contributed by atoms with Crippen LogP contribution in [0.4, 0.5) is 48.3 Å². The standard InChI is InChI=1S/C16H11F5N2O.C14H9F3N2O.2C14H12N2.C13H8F3N3O.C13H10N2/c1-15(17,18)13-8-22-14-7-4-11(9-23(13)14)10-2-5-12(6-3-10)24-16(19,20)21;15-14(16,17)20-12-4-1-10(2-5-12)11-3-6-13-18-7-8-19(13)9-11;1-11-9-16-10-13(7-8-14(16)15-11)12-5-3-2-4-6-12;1-11-9-15-14-8-7-13(10-16(11)14)12-5-3-2-4-6-12;14-13(15,16)20-11-3-1-9(2-4-11)10-7-18-12-17-5-6-19(12)8-10;1-2-4-11(5-3-1)12-6-7-13-14-8-9-15(13)10-12/h2-9H,1H3;1-9H;2*2-10H,1H3;1-8H;1-10H. The van der Waals surface area contributed by atoms with E-state index in [0.717, 1.165) is 81.5 Å². The fourth-order valence-corrected chi connectivity index (χ4v) is 11.6. The summed E-state index contributed by atoms with van der Waals surface area (Å²) in [5, 5.41) is 0. The summed E-state index contributed by atoms with van der Waals surface area (Å²) in [7, 11) is 0. The van der Waals surface area contributed by atoms with E-state index in [0.29, 0.717) is 22.6 Å². The Hall–Kier alpha value is -14.0. The molecule has 18 aromatic rings. The van der Waals surface area contributed by atoms with Crippen molar-refractivity contribution in [3.63, 3.8) is 0 Å². The maximum atomic E-state index is 13.6. The Morgan fingerprint density at radius 1 is 0.279 bits per heavy atom. The third-order valence-corrected chi connectivity index (χ3v) is 16.8. The summed E-state index contributed by atoms with van der Waals surface area (Å²) in [6.45, 7) is 4.84. The van der Waals surface area contributed by atoms with Crippen LogP contribution in [0.1, 0.15) is 24.0 Å². The van der Waals surface area contributed by atoms with E-state index >= 15 is 0 Å². The van der Waals surface area contributed by atoms with Gasteiger partial charge in [-0.1, -0.05) is 127 Å². The van der Waals surface area contributed by atoms with Crippen LogP contribution in [0, 0.1) is 13.8 Å². The zero-order valence-corrected chi connectivity index (χ0v) is 58.8. The zero-order chi connectivity index (χ0) is 77.9. The SMILES string of the molecule is CC(F)(F)c1cnc2ccc(-c3ccc(OC(F)(F)F)cc3)cn12.Cc1cn2cc(-c3ccccc3)ccc2n1.Cc1cnc2ccc(-c3ccccc3)cn12.FC(F)(F)Oc1ccc(-c2ccc3nccn3c2)cc1.FC(F)(F)Oc1ccc(-c2cnc3nccn3c2)cc1.c1ccc(-c2ccc3nccn3c2)cc1. The van der Waals surface area contributed by atoms with Crippen LogP contribution in [0.5, 0.6) is 17.2 Å². The van der Waals surface area contributed by atoms with Gasteiger partial charge < -0.3 is 31.8 Å². The Morgan fingerprint density at radius 2 is 0.622 bits per heavy atom. The summed E-state index contributed by atoms with van der Waals surface area (Å²) < 4.78 is 159. The molecule has 0 N–H and O–H groups in total. The van der Waals surface area contributed by atoms with E-state index in [1.165, 1.54) is 80.4 Å². The lowest BCUT2D eigenvalue weighted by atomic mass is 10.1. The van der Waals surface area contributed by atoms with Crippen LogP contribution in [0.2, 0.25) is 0 Å². The van der Waals surface area contributed by atoms with Crippen molar-refractivity contribution < 1.29 is 62.5 Å². The molecular formula is C84H62F11N13O3. The maximum Gasteiger partial charge on any atom is 0.573 e. The van der Waals surface area contributed by atoms with Crippen LogP contribution in [0.25, 0.3) is 101 Å². The summed E-state index contributed by atoms with van der Waals surface area (Å²) >= 11 is 0. The van der Waals surface area contributed by atoms with Crippen molar-refractivity contribution in [2.24, 2.45) is 0 Å². The summed E-state index contributed by atoms with van der Waals surface area (Å²) in [6.07, 6.45) is 14.6. The van der Waals surface area contributed by atoms with Gasteiger partial charge in [0.1, 0.15) is 51.2 Å². The molecular weight excluding hydrogens is 1450 g/mol. The minimum absolute atomic E-state index is 0.232.